The molecule has 16 heavy (non-hydrogen) atoms. The molecule has 0 aliphatic rings. The van der Waals surface area contributed by atoms with E-state index in [1.165, 1.54) is 23.5 Å². The van der Waals surface area contributed by atoms with Crippen LogP contribution in [0, 0.1) is 5.92 Å². The fourth-order valence-corrected chi connectivity index (χ4v) is 2.63. The molecule has 0 radical (unpaired) electrons. The highest BCUT2D eigenvalue weighted by molar-refractivity contribution is 7.99. The maximum absolute atomic E-state index is 3.47. The number of hydrogen-bond acceptors (Lipinski definition) is 2. The second-order valence-electron chi connectivity index (χ2n) is 4.26. The predicted molar refractivity (Wildman–Crippen MR) is 74.1 cm³/mol. The molecule has 0 saturated carbocycles. The Hall–Kier alpha value is -0.470. The summed E-state index contributed by atoms with van der Waals surface area (Å²) in [7, 11) is 0. The molecule has 1 atom stereocenters. The summed E-state index contributed by atoms with van der Waals surface area (Å²) >= 11 is 1.96. The Morgan fingerprint density at radius 3 is 2.69 bits per heavy atom. The van der Waals surface area contributed by atoms with Crippen molar-refractivity contribution in [1.29, 1.82) is 0 Å². The molecule has 1 N–H and O–H groups in total. The monoisotopic (exact) mass is 237 g/mol. The van der Waals surface area contributed by atoms with Crippen molar-refractivity contribution in [3.05, 3.63) is 30.3 Å². The molecule has 0 spiro atoms. The molecule has 2 heteroatoms. The molecule has 0 aliphatic heterocycles. The normalized spacial score (nSPS) is 12.6. The van der Waals surface area contributed by atoms with E-state index in [-0.39, 0.29) is 0 Å². The minimum absolute atomic E-state index is 0.780. The lowest BCUT2D eigenvalue weighted by Gasteiger charge is -2.11. The lowest BCUT2D eigenvalue weighted by molar-refractivity contribution is 0.503. The van der Waals surface area contributed by atoms with Crippen LogP contribution in [0.4, 0.5) is 0 Å². The number of hydrogen-bond donors (Lipinski definition) is 1. The zero-order chi connectivity index (χ0) is 11.6. The topological polar surface area (TPSA) is 12.0 Å². The number of benzene rings is 1. The second-order valence-corrected chi connectivity index (χ2v) is 5.43. The van der Waals surface area contributed by atoms with Gasteiger partial charge in [0, 0.05) is 4.90 Å². The Bertz CT molecular complexity index is 261. The summed E-state index contributed by atoms with van der Waals surface area (Å²) in [6.07, 6.45) is 2.52. The zero-order valence-electron chi connectivity index (χ0n) is 10.4. The van der Waals surface area contributed by atoms with Gasteiger partial charge in [-0.15, -0.1) is 11.8 Å². The van der Waals surface area contributed by atoms with Crippen molar-refractivity contribution in [3.63, 3.8) is 0 Å². The van der Waals surface area contributed by atoms with Gasteiger partial charge in [0.2, 0.25) is 0 Å². The summed E-state index contributed by atoms with van der Waals surface area (Å²) in [6.45, 7) is 6.84. The predicted octanol–water partition coefficient (Wildman–Crippen LogP) is 3.80. The van der Waals surface area contributed by atoms with Gasteiger partial charge >= 0.3 is 0 Å². The van der Waals surface area contributed by atoms with E-state index in [9.17, 15) is 0 Å². The molecule has 1 rings (SSSR count). The molecule has 0 bridgehead atoms. The Kier molecular flexibility index (Phi) is 7.35. The van der Waals surface area contributed by atoms with Crippen molar-refractivity contribution in [2.75, 3.05) is 18.8 Å². The van der Waals surface area contributed by atoms with Crippen molar-refractivity contribution in [2.45, 2.75) is 31.6 Å². The van der Waals surface area contributed by atoms with Crippen molar-refractivity contribution >= 4 is 11.8 Å². The van der Waals surface area contributed by atoms with E-state index in [4.69, 9.17) is 0 Å². The standard InChI is InChI=1S/C14H23NS/c1-3-10-15-12-13(2)9-11-16-14-7-5-4-6-8-14/h4-8,13,15H,3,9-12H2,1-2H3. The van der Waals surface area contributed by atoms with Crippen molar-refractivity contribution in [2.24, 2.45) is 5.92 Å². The van der Waals surface area contributed by atoms with Gasteiger partial charge in [0.15, 0.2) is 0 Å². The lowest BCUT2D eigenvalue weighted by Crippen LogP contribution is -2.22. The Morgan fingerprint density at radius 1 is 1.25 bits per heavy atom. The van der Waals surface area contributed by atoms with E-state index in [1.807, 2.05) is 11.8 Å². The van der Waals surface area contributed by atoms with Crippen LogP contribution >= 0.6 is 11.8 Å². The Balaban J connectivity index is 2.06. The molecule has 1 nitrogen and oxygen atoms in total. The van der Waals surface area contributed by atoms with Crippen molar-refractivity contribution < 1.29 is 0 Å². The molecule has 0 aliphatic carbocycles. The molecular weight excluding hydrogens is 214 g/mol. The average Bonchev–Trinajstić information content (AvgIpc) is 2.31. The van der Waals surface area contributed by atoms with E-state index in [2.05, 4.69) is 49.5 Å². The van der Waals surface area contributed by atoms with Gasteiger partial charge in [0.25, 0.3) is 0 Å². The van der Waals surface area contributed by atoms with E-state index in [1.54, 1.807) is 0 Å². The van der Waals surface area contributed by atoms with Gasteiger partial charge in [-0.2, -0.15) is 0 Å². The summed E-state index contributed by atoms with van der Waals surface area (Å²) in [6, 6.07) is 10.7. The lowest BCUT2D eigenvalue weighted by atomic mass is 10.1. The largest absolute Gasteiger partial charge is 0.316 e. The van der Waals surface area contributed by atoms with Crippen LogP contribution in [0.5, 0.6) is 0 Å². The summed E-state index contributed by atoms with van der Waals surface area (Å²) in [5, 5.41) is 3.47. The molecule has 90 valence electrons. The summed E-state index contributed by atoms with van der Waals surface area (Å²) in [5.41, 5.74) is 0. The molecule has 0 aromatic heterocycles. The van der Waals surface area contributed by atoms with E-state index < -0.39 is 0 Å². The third-order valence-electron chi connectivity index (χ3n) is 2.54. The molecular formula is C14H23NS. The number of rotatable bonds is 8. The third kappa shape index (κ3) is 6.19. The van der Waals surface area contributed by atoms with Crippen LogP contribution in [-0.2, 0) is 0 Å². The molecule has 0 amide bonds. The first-order chi connectivity index (χ1) is 7.83. The molecule has 1 aromatic rings. The van der Waals surface area contributed by atoms with Crippen LogP contribution < -0.4 is 5.32 Å². The SMILES string of the molecule is CCCNCC(C)CCSc1ccccc1. The summed E-state index contributed by atoms with van der Waals surface area (Å²) in [4.78, 5) is 1.39. The van der Waals surface area contributed by atoms with Crippen LogP contribution in [-0.4, -0.2) is 18.8 Å². The van der Waals surface area contributed by atoms with Gasteiger partial charge in [-0.05, 0) is 49.7 Å². The quantitative estimate of drug-likeness (QED) is 0.545. The highest BCUT2D eigenvalue weighted by atomic mass is 32.2. The zero-order valence-corrected chi connectivity index (χ0v) is 11.2. The Morgan fingerprint density at radius 2 is 2.00 bits per heavy atom. The fourth-order valence-electron chi connectivity index (χ4n) is 1.52. The fraction of sp³-hybridized carbons (Fsp3) is 0.571. The van der Waals surface area contributed by atoms with Crippen LogP contribution in [0.15, 0.2) is 35.2 Å². The number of nitrogens with one attached hydrogen (secondary N) is 1. The summed E-state index contributed by atoms with van der Waals surface area (Å²) < 4.78 is 0. The van der Waals surface area contributed by atoms with Gasteiger partial charge in [0.05, 0.1) is 0 Å². The first kappa shape index (κ1) is 13.6. The molecule has 0 saturated heterocycles. The van der Waals surface area contributed by atoms with E-state index >= 15 is 0 Å². The highest BCUT2D eigenvalue weighted by Gasteiger charge is 2.01. The third-order valence-corrected chi connectivity index (χ3v) is 3.59. The average molecular weight is 237 g/mol. The maximum Gasteiger partial charge on any atom is 0.00719 e. The summed E-state index contributed by atoms with van der Waals surface area (Å²) in [5.74, 6) is 2.00. The van der Waals surface area contributed by atoms with Gasteiger partial charge in [-0.1, -0.05) is 32.0 Å². The second kappa shape index (κ2) is 8.66. The van der Waals surface area contributed by atoms with E-state index in [0.717, 1.165) is 19.0 Å². The van der Waals surface area contributed by atoms with Gasteiger partial charge in [0.1, 0.15) is 0 Å². The van der Waals surface area contributed by atoms with Crippen molar-refractivity contribution in [3.8, 4) is 0 Å². The molecule has 0 heterocycles. The van der Waals surface area contributed by atoms with Crippen LogP contribution in [0.25, 0.3) is 0 Å². The first-order valence-electron chi connectivity index (χ1n) is 6.21. The minimum Gasteiger partial charge on any atom is -0.316 e. The number of thioether (sulfide) groups is 1. The van der Waals surface area contributed by atoms with Gasteiger partial charge in [-0.3, -0.25) is 0 Å². The van der Waals surface area contributed by atoms with Gasteiger partial charge in [-0.25, -0.2) is 0 Å². The van der Waals surface area contributed by atoms with Crippen LogP contribution in [0.2, 0.25) is 0 Å². The molecule has 0 fully saturated rings. The Labute approximate surface area is 104 Å². The van der Waals surface area contributed by atoms with Crippen molar-refractivity contribution in [1.82, 2.24) is 5.32 Å². The highest BCUT2D eigenvalue weighted by Crippen LogP contribution is 2.19. The maximum atomic E-state index is 3.47. The molecule has 1 aromatic carbocycles. The smallest absolute Gasteiger partial charge is 0.00719 e. The minimum atomic E-state index is 0.780. The van der Waals surface area contributed by atoms with E-state index in [0.29, 0.717) is 0 Å². The molecule has 1 unspecified atom stereocenters. The first-order valence-corrected chi connectivity index (χ1v) is 7.20. The van der Waals surface area contributed by atoms with Crippen LogP contribution in [0.1, 0.15) is 26.7 Å². The van der Waals surface area contributed by atoms with Gasteiger partial charge < -0.3 is 5.32 Å². The van der Waals surface area contributed by atoms with Crippen LogP contribution in [0.3, 0.4) is 0 Å².